The summed E-state index contributed by atoms with van der Waals surface area (Å²) in [6, 6.07) is 18.5. The Morgan fingerprint density at radius 1 is 1.10 bits per heavy atom. The van der Waals surface area contributed by atoms with Gasteiger partial charge >= 0.3 is 11.6 Å². The van der Waals surface area contributed by atoms with Crippen molar-refractivity contribution >= 4 is 51.1 Å². The van der Waals surface area contributed by atoms with Crippen LogP contribution >= 0.6 is 23.4 Å². The molecule has 29 heavy (non-hydrogen) atoms. The lowest BCUT2D eigenvalue weighted by molar-refractivity contribution is -0.141. The summed E-state index contributed by atoms with van der Waals surface area (Å²) >= 11 is 7.71. The SMILES string of the molecule is Cc1ccc2c(COC(=O)CSc3cccc4cccc(Cl)c34)cc(=O)oc2c1. The van der Waals surface area contributed by atoms with Crippen LogP contribution in [0.5, 0.6) is 0 Å². The molecular formula is C23H17ClO4S. The number of halogens is 1. The zero-order chi connectivity index (χ0) is 20.4. The lowest BCUT2D eigenvalue weighted by Gasteiger charge is -2.09. The molecule has 0 amide bonds. The third-order valence-corrected chi connectivity index (χ3v) is 5.88. The molecule has 3 aromatic carbocycles. The molecule has 146 valence electrons. The highest BCUT2D eigenvalue weighted by molar-refractivity contribution is 8.00. The summed E-state index contributed by atoms with van der Waals surface area (Å²) in [5.41, 5.74) is 1.64. The highest BCUT2D eigenvalue weighted by atomic mass is 35.5. The number of fused-ring (bicyclic) bond motifs is 2. The smallest absolute Gasteiger partial charge is 0.336 e. The second kappa shape index (κ2) is 8.31. The van der Waals surface area contributed by atoms with Gasteiger partial charge in [-0.1, -0.05) is 48.0 Å². The molecule has 0 saturated carbocycles. The summed E-state index contributed by atoms with van der Waals surface area (Å²) in [7, 11) is 0. The average molecular weight is 425 g/mol. The van der Waals surface area contributed by atoms with Crippen LogP contribution in [0.4, 0.5) is 0 Å². The Morgan fingerprint density at radius 3 is 2.72 bits per heavy atom. The molecule has 0 N–H and O–H groups in total. The minimum absolute atomic E-state index is 0.0147. The summed E-state index contributed by atoms with van der Waals surface area (Å²) in [5, 5.41) is 3.36. The van der Waals surface area contributed by atoms with E-state index in [1.165, 1.54) is 17.8 Å². The van der Waals surface area contributed by atoms with Crippen LogP contribution in [0.25, 0.3) is 21.7 Å². The van der Waals surface area contributed by atoms with Crippen molar-refractivity contribution in [1.29, 1.82) is 0 Å². The maximum absolute atomic E-state index is 12.3. The molecule has 0 unspecified atom stereocenters. The molecule has 1 aromatic heterocycles. The van der Waals surface area contributed by atoms with Crippen LogP contribution in [0.15, 0.2) is 74.8 Å². The van der Waals surface area contributed by atoms with Gasteiger partial charge in [-0.3, -0.25) is 4.79 Å². The van der Waals surface area contributed by atoms with Crippen molar-refractivity contribution in [1.82, 2.24) is 0 Å². The molecule has 0 bridgehead atoms. The molecule has 0 aliphatic carbocycles. The predicted molar refractivity (Wildman–Crippen MR) is 117 cm³/mol. The van der Waals surface area contributed by atoms with Crippen molar-refractivity contribution in [2.75, 3.05) is 5.75 Å². The van der Waals surface area contributed by atoms with E-state index in [0.29, 0.717) is 16.2 Å². The van der Waals surface area contributed by atoms with E-state index in [-0.39, 0.29) is 18.3 Å². The van der Waals surface area contributed by atoms with Gasteiger partial charge in [0.15, 0.2) is 0 Å². The van der Waals surface area contributed by atoms with Crippen molar-refractivity contribution in [3.8, 4) is 0 Å². The first-order valence-corrected chi connectivity index (χ1v) is 10.4. The van der Waals surface area contributed by atoms with Crippen molar-refractivity contribution in [3.05, 3.63) is 87.2 Å². The van der Waals surface area contributed by atoms with Crippen LogP contribution in [0.1, 0.15) is 11.1 Å². The molecule has 6 heteroatoms. The molecule has 4 nitrogen and oxygen atoms in total. The van der Waals surface area contributed by atoms with Gasteiger partial charge in [0, 0.05) is 32.3 Å². The van der Waals surface area contributed by atoms with Crippen molar-refractivity contribution < 1.29 is 13.9 Å². The number of aryl methyl sites for hydroxylation is 1. The molecule has 0 spiro atoms. The number of esters is 1. The van der Waals surface area contributed by atoms with E-state index in [1.54, 1.807) is 6.07 Å². The fourth-order valence-electron chi connectivity index (χ4n) is 3.18. The molecule has 4 aromatic rings. The number of benzene rings is 3. The average Bonchev–Trinajstić information content (AvgIpc) is 2.70. The molecule has 0 aliphatic heterocycles. The molecular weight excluding hydrogens is 408 g/mol. The van der Waals surface area contributed by atoms with Crippen molar-refractivity contribution in [3.63, 3.8) is 0 Å². The Bertz CT molecular complexity index is 1270. The van der Waals surface area contributed by atoms with E-state index in [4.69, 9.17) is 20.8 Å². The summed E-state index contributed by atoms with van der Waals surface area (Å²) < 4.78 is 10.6. The fourth-order valence-corrected chi connectivity index (χ4v) is 4.42. The van der Waals surface area contributed by atoms with Crippen molar-refractivity contribution in [2.24, 2.45) is 0 Å². The van der Waals surface area contributed by atoms with E-state index in [0.717, 1.165) is 26.6 Å². The van der Waals surface area contributed by atoms with Crippen LogP contribution in [0.3, 0.4) is 0 Å². The summed E-state index contributed by atoms with van der Waals surface area (Å²) in [4.78, 5) is 25.0. The number of hydrogen-bond acceptors (Lipinski definition) is 5. The topological polar surface area (TPSA) is 56.5 Å². The van der Waals surface area contributed by atoms with Gasteiger partial charge in [-0.2, -0.15) is 0 Å². The number of thioether (sulfide) groups is 1. The first-order valence-electron chi connectivity index (χ1n) is 9.00. The second-order valence-electron chi connectivity index (χ2n) is 6.63. The number of carbonyl (C=O) groups excluding carboxylic acids is 1. The summed E-state index contributed by atoms with van der Waals surface area (Å²) in [5.74, 6) is -0.226. The molecule has 0 radical (unpaired) electrons. The van der Waals surface area contributed by atoms with Crippen LogP contribution in [-0.4, -0.2) is 11.7 Å². The first kappa shape index (κ1) is 19.6. The highest BCUT2D eigenvalue weighted by Gasteiger charge is 2.12. The van der Waals surface area contributed by atoms with E-state index < -0.39 is 5.63 Å². The predicted octanol–water partition coefficient (Wildman–Crippen LogP) is 5.74. The lowest BCUT2D eigenvalue weighted by atomic mass is 10.1. The standard InChI is InChI=1S/C23H17ClO4S/c1-14-8-9-17-16(11-21(25)28-19(17)10-14)12-27-22(26)13-29-20-7-3-5-15-4-2-6-18(24)23(15)20/h2-11H,12-13H2,1H3. The Balaban J connectivity index is 1.47. The molecule has 0 saturated heterocycles. The minimum atomic E-state index is -0.464. The van der Waals surface area contributed by atoms with E-state index >= 15 is 0 Å². The Kier molecular flexibility index (Phi) is 5.60. The third-order valence-electron chi connectivity index (χ3n) is 4.54. The number of carbonyl (C=O) groups is 1. The van der Waals surface area contributed by atoms with Gasteiger partial charge in [0.1, 0.15) is 12.2 Å². The maximum atomic E-state index is 12.3. The van der Waals surface area contributed by atoms with E-state index in [2.05, 4.69) is 0 Å². The van der Waals surface area contributed by atoms with Crippen LogP contribution in [0, 0.1) is 6.92 Å². The Labute approximate surface area is 176 Å². The molecule has 0 atom stereocenters. The van der Waals surface area contributed by atoms with Gasteiger partial charge in [-0.05, 0) is 36.1 Å². The largest absolute Gasteiger partial charge is 0.460 e. The van der Waals surface area contributed by atoms with E-state index in [1.807, 2.05) is 55.5 Å². The maximum Gasteiger partial charge on any atom is 0.336 e. The lowest BCUT2D eigenvalue weighted by Crippen LogP contribution is -2.09. The van der Waals surface area contributed by atoms with Crippen LogP contribution in [0.2, 0.25) is 5.02 Å². The van der Waals surface area contributed by atoms with E-state index in [9.17, 15) is 9.59 Å². The monoisotopic (exact) mass is 424 g/mol. The molecule has 1 heterocycles. The second-order valence-corrected chi connectivity index (χ2v) is 8.06. The van der Waals surface area contributed by atoms with Crippen LogP contribution in [-0.2, 0) is 16.1 Å². The summed E-state index contributed by atoms with van der Waals surface area (Å²) in [6.07, 6.45) is 0. The van der Waals surface area contributed by atoms with Gasteiger partial charge in [-0.25, -0.2) is 4.79 Å². The zero-order valence-corrected chi connectivity index (χ0v) is 17.2. The quantitative estimate of drug-likeness (QED) is 0.232. The van der Waals surface area contributed by atoms with Gasteiger partial charge in [0.05, 0.1) is 5.75 Å². The minimum Gasteiger partial charge on any atom is -0.460 e. The molecule has 0 aliphatic rings. The Hall–Kier alpha value is -2.76. The van der Waals surface area contributed by atoms with Crippen molar-refractivity contribution in [2.45, 2.75) is 18.4 Å². The molecule has 4 rings (SSSR count). The number of rotatable bonds is 5. The normalized spacial score (nSPS) is 11.1. The first-order chi connectivity index (χ1) is 14.0. The third kappa shape index (κ3) is 4.31. The van der Waals surface area contributed by atoms with Gasteiger partial charge in [-0.15, -0.1) is 11.8 Å². The zero-order valence-electron chi connectivity index (χ0n) is 15.6. The van der Waals surface area contributed by atoms with Gasteiger partial charge in [0.2, 0.25) is 0 Å². The number of hydrogen-bond donors (Lipinski definition) is 0. The van der Waals surface area contributed by atoms with Gasteiger partial charge in [0.25, 0.3) is 0 Å². The Morgan fingerprint density at radius 2 is 1.90 bits per heavy atom. The van der Waals surface area contributed by atoms with Gasteiger partial charge < -0.3 is 9.15 Å². The number of ether oxygens (including phenoxy) is 1. The highest BCUT2D eigenvalue weighted by Crippen LogP contribution is 2.33. The fraction of sp³-hybridized carbons (Fsp3) is 0.130. The molecule has 0 fully saturated rings. The summed E-state index contributed by atoms with van der Waals surface area (Å²) in [6.45, 7) is 1.93. The van der Waals surface area contributed by atoms with Crippen LogP contribution < -0.4 is 5.63 Å².